The third-order valence-electron chi connectivity index (χ3n) is 2.85. The highest BCUT2D eigenvalue weighted by atomic mass is 16.3. The highest BCUT2D eigenvalue weighted by Crippen LogP contribution is 2.32. The largest absolute Gasteiger partial charge is 0.397 e. The van der Waals surface area contributed by atoms with Crippen LogP contribution >= 0.6 is 0 Å². The van der Waals surface area contributed by atoms with Crippen molar-refractivity contribution in [3.05, 3.63) is 23.8 Å². The number of nitriles is 1. The molecule has 1 aliphatic carbocycles. The summed E-state index contributed by atoms with van der Waals surface area (Å²) in [7, 11) is 0. The molecule has 16 heavy (non-hydrogen) atoms. The zero-order valence-electron chi connectivity index (χ0n) is 8.98. The first-order valence-corrected chi connectivity index (χ1v) is 5.42. The molecule has 4 heteroatoms. The molecule has 0 bridgehead atoms. The monoisotopic (exact) mass is 217 g/mol. The first-order chi connectivity index (χ1) is 7.70. The number of hydrogen-bond acceptors (Lipinski definition) is 4. The predicted octanol–water partition coefficient (Wildman–Crippen LogP) is 1.32. The minimum absolute atomic E-state index is 0.296. The van der Waals surface area contributed by atoms with Crippen LogP contribution in [0.5, 0.6) is 0 Å². The van der Waals surface area contributed by atoms with E-state index in [1.165, 1.54) is 0 Å². The summed E-state index contributed by atoms with van der Waals surface area (Å²) in [6.45, 7) is 0.515. The third kappa shape index (κ3) is 2.44. The maximum Gasteiger partial charge on any atom is 0.0992 e. The second-order valence-electron chi connectivity index (χ2n) is 4.20. The molecular weight excluding hydrogens is 202 g/mol. The summed E-state index contributed by atoms with van der Waals surface area (Å²) in [6, 6.07) is 7.14. The highest BCUT2D eigenvalue weighted by Gasteiger charge is 2.29. The van der Waals surface area contributed by atoms with Crippen LogP contribution in [0.4, 0.5) is 11.4 Å². The maximum absolute atomic E-state index is 9.69. The van der Waals surface area contributed by atoms with Crippen molar-refractivity contribution in [1.82, 2.24) is 0 Å². The Morgan fingerprint density at radius 3 is 2.88 bits per heavy atom. The molecule has 1 unspecified atom stereocenters. The Bertz CT molecular complexity index is 421. The molecule has 4 nitrogen and oxygen atoms in total. The molecule has 0 radical (unpaired) electrons. The van der Waals surface area contributed by atoms with Gasteiger partial charge in [0, 0.05) is 6.54 Å². The lowest BCUT2D eigenvalue weighted by Crippen LogP contribution is -2.21. The zero-order chi connectivity index (χ0) is 11.5. The number of rotatable bonds is 4. The van der Waals surface area contributed by atoms with Crippen molar-refractivity contribution >= 4 is 11.4 Å². The van der Waals surface area contributed by atoms with Crippen LogP contribution in [-0.2, 0) is 0 Å². The first kappa shape index (κ1) is 10.8. The second kappa shape index (κ2) is 4.42. The van der Waals surface area contributed by atoms with Crippen LogP contribution in [0.1, 0.15) is 18.4 Å². The summed E-state index contributed by atoms with van der Waals surface area (Å²) in [5, 5.41) is 21.5. The van der Waals surface area contributed by atoms with Gasteiger partial charge in [-0.3, -0.25) is 0 Å². The number of anilines is 2. The normalized spacial score (nSPS) is 16.5. The first-order valence-electron chi connectivity index (χ1n) is 5.42. The van der Waals surface area contributed by atoms with Gasteiger partial charge < -0.3 is 16.2 Å². The Balaban J connectivity index is 1.96. The summed E-state index contributed by atoms with van der Waals surface area (Å²) in [5.41, 5.74) is 7.65. The van der Waals surface area contributed by atoms with E-state index in [2.05, 4.69) is 5.32 Å². The second-order valence-corrected chi connectivity index (χ2v) is 4.20. The molecule has 1 saturated carbocycles. The van der Waals surface area contributed by atoms with E-state index in [1.54, 1.807) is 18.2 Å². The molecule has 0 aromatic heterocycles. The smallest absolute Gasteiger partial charge is 0.0992 e. The fourth-order valence-corrected chi connectivity index (χ4v) is 1.66. The summed E-state index contributed by atoms with van der Waals surface area (Å²) >= 11 is 0. The number of nitrogen functional groups attached to an aromatic ring is 1. The van der Waals surface area contributed by atoms with Gasteiger partial charge in [0.15, 0.2) is 0 Å². The van der Waals surface area contributed by atoms with Crippen molar-refractivity contribution in [3.8, 4) is 6.07 Å². The van der Waals surface area contributed by atoms with Crippen molar-refractivity contribution in [2.45, 2.75) is 18.9 Å². The van der Waals surface area contributed by atoms with Gasteiger partial charge in [-0.25, -0.2) is 0 Å². The summed E-state index contributed by atoms with van der Waals surface area (Å²) in [5.74, 6) is 0.451. The van der Waals surface area contributed by atoms with E-state index >= 15 is 0 Å². The molecule has 2 rings (SSSR count). The number of nitrogens with one attached hydrogen (secondary N) is 1. The quantitative estimate of drug-likeness (QED) is 0.664. The standard InChI is InChI=1S/C12H15N3O/c13-6-8-1-4-11(10(14)5-8)15-7-12(16)9-2-3-9/h1,4-5,9,12,15-16H,2-3,7,14H2. The van der Waals surface area contributed by atoms with Gasteiger partial charge in [-0.15, -0.1) is 0 Å². The lowest BCUT2D eigenvalue weighted by Gasteiger charge is -2.13. The van der Waals surface area contributed by atoms with Crippen LogP contribution in [-0.4, -0.2) is 17.8 Å². The van der Waals surface area contributed by atoms with E-state index in [9.17, 15) is 5.11 Å². The van der Waals surface area contributed by atoms with E-state index in [4.69, 9.17) is 11.0 Å². The molecule has 84 valence electrons. The van der Waals surface area contributed by atoms with Crippen LogP contribution in [0, 0.1) is 17.2 Å². The zero-order valence-corrected chi connectivity index (χ0v) is 8.98. The van der Waals surface area contributed by atoms with Crippen molar-refractivity contribution < 1.29 is 5.11 Å². The van der Waals surface area contributed by atoms with Crippen molar-refractivity contribution in [1.29, 1.82) is 5.26 Å². The summed E-state index contributed by atoms with van der Waals surface area (Å²) in [4.78, 5) is 0. The molecular formula is C12H15N3O. The number of benzene rings is 1. The Kier molecular flexibility index (Phi) is 2.97. The molecule has 4 N–H and O–H groups in total. The van der Waals surface area contributed by atoms with Crippen LogP contribution in [0.2, 0.25) is 0 Å². The van der Waals surface area contributed by atoms with Gasteiger partial charge in [-0.2, -0.15) is 5.26 Å². The Morgan fingerprint density at radius 1 is 1.56 bits per heavy atom. The lowest BCUT2D eigenvalue weighted by atomic mass is 10.1. The molecule has 0 aliphatic heterocycles. The van der Waals surface area contributed by atoms with Crippen molar-refractivity contribution in [3.63, 3.8) is 0 Å². The van der Waals surface area contributed by atoms with Gasteiger partial charge in [0.2, 0.25) is 0 Å². The SMILES string of the molecule is N#Cc1ccc(NCC(O)C2CC2)c(N)c1. The molecule has 1 aromatic carbocycles. The molecule has 0 spiro atoms. The fraction of sp³-hybridized carbons (Fsp3) is 0.417. The van der Waals surface area contributed by atoms with E-state index in [-0.39, 0.29) is 6.10 Å². The van der Waals surface area contributed by atoms with Gasteiger partial charge >= 0.3 is 0 Å². The minimum atomic E-state index is -0.296. The average Bonchev–Trinajstić information content (AvgIpc) is 3.10. The number of nitrogens with two attached hydrogens (primary N) is 1. The van der Waals surface area contributed by atoms with Crippen molar-refractivity contribution in [2.75, 3.05) is 17.6 Å². The molecule has 1 atom stereocenters. The molecule has 1 aromatic rings. The van der Waals surface area contributed by atoms with E-state index < -0.39 is 0 Å². The number of aliphatic hydroxyl groups excluding tert-OH is 1. The van der Waals surface area contributed by atoms with Gasteiger partial charge in [0.1, 0.15) is 0 Å². The van der Waals surface area contributed by atoms with Crippen molar-refractivity contribution in [2.24, 2.45) is 5.92 Å². The Labute approximate surface area is 94.7 Å². The Hall–Kier alpha value is -1.73. The number of aliphatic hydroxyl groups is 1. The average molecular weight is 217 g/mol. The predicted molar refractivity (Wildman–Crippen MR) is 62.8 cm³/mol. The summed E-state index contributed by atoms with van der Waals surface area (Å²) < 4.78 is 0. The third-order valence-corrected chi connectivity index (χ3v) is 2.85. The maximum atomic E-state index is 9.69. The molecule has 1 aliphatic rings. The lowest BCUT2D eigenvalue weighted by molar-refractivity contribution is 0.164. The summed E-state index contributed by atoms with van der Waals surface area (Å²) in [6.07, 6.45) is 1.94. The minimum Gasteiger partial charge on any atom is -0.397 e. The van der Waals surface area contributed by atoms with E-state index in [1.807, 2.05) is 6.07 Å². The van der Waals surface area contributed by atoms with Gasteiger partial charge in [0.25, 0.3) is 0 Å². The van der Waals surface area contributed by atoms with Gasteiger partial charge in [0.05, 0.1) is 29.1 Å². The van der Waals surface area contributed by atoms with Crippen LogP contribution in [0.3, 0.4) is 0 Å². The van der Waals surface area contributed by atoms with E-state index in [0.29, 0.717) is 23.7 Å². The van der Waals surface area contributed by atoms with E-state index in [0.717, 1.165) is 18.5 Å². The Morgan fingerprint density at radius 2 is 2.31 bits per heavy atom. The number of nitrogens with zero attached hydrogens (tertiary/aromatic N) is 1. The fourth-order valence-electron chi connectivity index (χ4n) is 1.66. The topological polar surface area (TPSA) is 82.1 Å². The molecule has 0 heterocycles. The molecule has 0 amide bonds. The number of hydrogen-bond donors (Lipinski definition) is 3. The van der Waals surface area contributed by atoms with Crippen LogP contribution < -0.4 is 11.1 Å². The molecule has 0 saturated heterocycles. The van der Waals surface area contributed by atoms with Crippen LogP contribution in [0.15, 0.2) is 18.2 Å². The van der Waals surface area contributed by atoms with Gasteiger partial charge in [-0.05, 0) is 37.0 Å². The highest BCUT2D eigenvalue weighted by molar-refractivity contribution is 5.68. The molecule has 1 fully saturated rings. The van der Waals surface area contributed by atoms with Crippen LogP contribution in [0.25, 0.3) is 0 Å². The van der Waals surface area contributed by atoms with Gasteiger partial charge in [-0.1, -0.05) is 0 Å².